The molecule has 2 N–H and O–H groups in total. The maximum Gasteiger partial charge on any atom is 0.303 e. The van der Waals surface area contributed by atoms with Crippen molar-refractivity contribution in [1.82, 2.24) is 5.32 Å². The van der Waals surface area contributed by atoms with Gasteiger partial charge in [-0.3, -0.25) is 14.4 Å². The van der Waals surface area contributed by atoms with Crippen molar-refractivity contribution in [3.8, 4) is 0 Å². The highest BCUT2D eigenvalue weighted by molar-refractivity contribution is 5.98. The fourth-order valence-corrected chi connectivity index (χ4v) is 1.84. The first-order chi connectivity index (χ1) is 9.90. The molecule has 0 radical (unpaired) electrons. The summed E-state index contributed by atoms with van der Waals surface area (Å²) in [6.45, 7) is 4.25. The number of ketones is 1. The molecule has 0 aliphatic heterocycles. The average Bonchev–Trinajstić information content (AvgIpc) is 2.43. The van der Waals surface area contributed by atoms with Crippen LogP contribution in [0.15, 0.2) is 18.2 Å². The van der Waals surface area contributed by atoms with E-state index in [0.717, 1.165) is 11.1 Å². The third-order valence-corrected chi connectivity index (χ3v) is 3.30. The number of Topliss-reactive ketones (excluding diaryl/α,β-unsaturated/α-hetero) is 1. The number of aliphatic carboxylic acids is 1. The molecule has 5 nitrogen and oxygen atoms in total. The number of hydrogen-bond acceptors (Lipinski definition) is 3. The van der Waals surface area contributed by atoms with Crippen LogP contribution in [0.4, 0.5) is 0 Å². The van der Waals surface area contributed by atoms with Crippen molar-refractivity contribution in [2.75, 3.05) is 6.54 Å². The van der Waals surface area contributed by atoms with Crippen molar-refractivity contribution in [3.05, 3.63) is 34.9 Å². The summed E-state index contributed by atoms with van der Waals surface area (Å²) in [5, 5.41) is 11.1. The van der Waals surface area contributed by atoms with Gasteiger partial charge < -0.3 is 10.4 Å². The molecule has 0 spiro atoms. The maximum absolute atomic E-state index is 12.0. The van der Waals surface area contributed by atoms with E-state index in [0.29, 0.717) is 18.5 Å². The Balaban J connectivity index is 2.33. The first kappa shape index (κ1) is 16.9. The summed E-state index contributed by atoms with van der Waals surface area (Å²) >= 11 is 0. The highest BCUT2D eigenvalue weighted by Gasteiger charge is 2.10. The molecule has 0 atom stereocenters. The molecular weight excluding hydrogens is 270 g/mol. The summed E-state index contributed by atoms with van der Waals surface area (Å²) in [5.74, 6) is -1.16. The Kier molecular flexibility index (Phi) is 6.59. The zero-order chi connectivity index (χ0) is 15.8. The lowest BCUT2D eigenvalue weighted by Gasteiger charge is -2.06. The van der Waals surface area contributed by atoms with Gasteiger partial charge in [-0.05, 0) is 37.5 Å². The fourth-order valence-electron chi connectivity index (χ4n) is 1.84. The number of carbonyl (C=O) groups excluding carboxylic acids is 2. The molecule has 1 aromatic carbocycles. The lowest BCUT2D eigenvalue weighted by molar-refractivity contribution is -0.137. The Morgan fingerprint density at radius 2 is 1.76 bits per heavy atom. The second kappa shape index (κ2) is 8.19. The lowest BCUT2D eigenvalue weighted by atomic mass is 10.0. The number of amides is 1. The summed E-state index contributed by atoms with van der Waals surface area (Å²) in [5.41, 5.74) is 2.80. The number of aryl methyl sites for hydroxylation is 2. The van der Waals surface area contributed by atoms with E-state index in [1.807, 2.05) is 26.0 Å². The van der Waals surface area contributed by atoms with Crippen molar-refractivity contribution in [2.24, 2.45) is 0 Å². The van der Waals surface area contributed by atoms with E-state index in [2.05, 4.69) is 5.32 Å². The van der Waals surface area contributed by atoms with Crippen molar-refractivity contribution >= 4 is 17.7 Å². The molecule has 0 aliphatic carbocycles. The summed E-state index contributed by atoms with van der Waals surface area (Å²) in [6, 6.07) is 5.51. The predicted octanol–water partition coefficient (Wildman–Crippen LogP) is 2.25. The van der Waals surface area contributed by atoms with E-state index in [-0.39, 0.29) is 31.0 Å². The van der Waals surface area contributed by atoms with E-state index in [4.69, 9.17) is 5.11 Å². The largest absolute Gasteiger partial charge is 0.481 e. The Labute approximate surface area is 124 Å². The molecule has 1 aromatic rings. The summed E-state index contributed by atoms with van der Waals surface area (Å²) in [6.07, 6.45) is 0.708. The molecule has 114 valence electrons. The third-order valence-electron chi connectivity index (χ3n) is 3.30. The van der Waals surface area contributed by atoms with Crippen molar-refractivity contribution in [2.45, 2.75) is 39.5 Å². The molecule has 0 aliphatic rings. The fraction of sp³-hybridized carbons (Fsp3) is 0.438. The topological polar surface area (TPSA) is 83.5 Å². The number of benzene rings is 1. The molecule has 0 saturated heterocycles. The minimum atomic E-state index is -0.880. The second-order valence-corrected chi connectivity index (χ2v) is 5.07. The Morgan fingerprint density at radius 3 is 2.38 bits per heavy atom. The monoisotopic (exact) mass is 291 g/mol. The lowest BCUT2D eigenvalue weighted by Crippen LogP contribution is -2.25. The molecule has 0 bridgehead atoms. The first-order valence-electron chi connectivity index (χ1n) is 6.99. The summed E-state index contributed by atoms with van der Waals surface area (Å²) in [7, 11) is 0. The zero-order valence-electron chi connectivity index (χ0n) is 12.4. The smallest absolute Gasteiger partial charge is 0.303 e. The molecule has 0 aromatic heterocycles. The Bertz CT molecular complexity index is 537. The number of hydrogen-bond donors (Lipinski definition) is 2. The molecule has 0 fully saturated rings. The molecule has 0 heterocycles. The molecule has 1 amide bonds. The van der Waals surface area contributed by atoms with Gasteiger partial charge in [-0.1, -0.05) is 12.1 Å². The van der Waals surface area contributed by atoms with Gasteiger partial charge in [-0.25, -0.2) is 0 Å². The normalized spacial score (nSPS) is 10.2. The van der Waals surface area contributed by atoms with Crippen molar-refractivity contribution < 1.29 is 19.5 Å². The molecule has 21 heavy (non-hydrogen) atoms. The molecule has 0 unspecified atom stereocenters. The maximum atomic E-state index is 12.0. The minimum Gasteiger partial charge on any atom is -0.481 e. The highest BCUT2D eigenvalue weighted by atomic mass is 16.4. The third kappa shape index (κ3) is 6.21. The van der Waals surface area contributed by atoms with Gasteiger partial charge in [0, 0.05) is 31.4 Å². The van der Waals surface area contributed by atoms with Gasteiger partial charge in [-0.2, -0.15) is 0 Å². The van der Waals surface area contributed by atoms with Gasteiger partial charge in [-0.15, -0.1) is 0 Å². The van der Waals surface area contributed by atoms with Gasteiger partial charge in [0.15, 0.2) is 5.78 Å². The van der Waals surface area contributed by atoms with Crippen molar-refractivity contribution in [3.63, 3.8) is 0 Å². The van der Waals surface area contributed by atoms with Gasteiger partial charge in [0.25, 0.3) is 0 Å². The number of carboxylic acid groups (broad SMARTS) is 1. The van der Waals surface area contributed by atoms with Crippen LogP contribution in [0.5, 0.6) is 0 Å². The van der Waals surface area contributed by atoms with Crippen LogP contribution in [-0.2, 0) is 9.59 Å². The number of carbonyl (C=O) groups is 3. The summed E-state index contributed by atoms with van der Waals surface area (Å²) in [4.78, 5) is 33.8. The van der Waals surface area contributed by atoms with E-state index in [1.54, 1.807) is 6.07 Å². The highest BCUT2D eigenvalue weighted by Crippen LogP contribution is 2.12. The first-order valence-corrected chi connectivity index (χ1v) is 6.99. The van der Waals surface area contributed by atoms with Crippen LogP contribution in [0, 0.1) is 13.8 Å². The average molecular weight is 291 g/mol. The van der Waals surface area contributed by atoms with Crippen LogP contribution in [0.2, 0.25) is 0 Å². The second-order valence-electron chi connectivity index (χ2n) is 5.07. The van der Waals surface area contributed by atoms with Crippen LogP contribution in [0.1, 0.15) is 47.2 Å². The van der Waals surface area contributed by atoms with Gasteiger partial charge in [0.2, 0.25) is 5.91 Å². The van der Waals surface area contributed by atoms with E-state index in [1.165, 1.54) is 0 Å². The summed E-state index contributed by atoms with van der Waals surface area (Å²) < 4.78 is 0. The molecule has 0 saturated carbocycles. The number of nitrogens with one attached hydrogen (secondary N) is 1. The van der Waals surface area contributed by atoms with Gasteiger partial charge >= 0.3 is 5.97 Å². The zero-order valence-corrected chi connectivity index (χ0v) is 12.4. The van der Waals surface area contributed by atoms with Crippen LogP contribution < -0.4 is 5.32 Å². The number of rotatable bonds is 8. The van der Waals surface area contributed by atoms with Crippen molar-refractivity contribution in [1.29, 1.82) is 0 Å². The van der Waals surface area contributed by atoms with Crippen LogP contribution in [0.3, 0.4) is 0 Å². The standard InChI is InChI=1S/C16H21NO4/c1-11-5-6-13(10-12(11)2)14(18)7-8-15(19)17-9-3-4-16(20)21/h5-6,10H,3-4,7-9H2,1-2H3,(H,17,19)(H,20,21). The predicted molar refractivity (Wildman–Crippen MR) is 79.4 cm³/mol. The Hall–Kier alpha value is -2.17. The minimum absolute atomic E-state index is 0.0296. The Morgan fingerprint density at radius 1 is 1.05 bits per heavy atom. The van der Waals surface area contributed by atoms with E-state index < -0.39 is 5.97 Å². The molecular formula is C16H21NO4. The number of carboxylic acids is 1. The van der Waals surface area contributed by atoms with Gasteiger partial charge in [0.1, 0.15) is 0 Å². The molecule has 1 rings (SSSR count). The molecule has 5 heteroatoms. The van der Waals surface area contributed by atoms with Crippen LogP contribution >= 0.6 is 0 Å². The van der Waals surface area contributed by atoms with Crippen LogP contribution in [-0.4, -0.2) is 29.3 Å². The van der Waals surface area contributed by atoms with E-state index in [9.17, 15) is 14.4 Å². The quantitative estimate of drug-likeness (QED) is 0.568. The van der Waals surface area contributed by atoms with Gasteiger partial charge in [0.05, 0.1) is 0 Å². The SMILES string of the molecule is Cc1ccc(C(=O)CCC(=O)NCCCC(=O)O)cc1C. The van der Waals surface area contributed by atoms with E-state index >= 15 is 0 Å². The van der Waals surface area contributed by atoms with Crippen LogP contribution in [0.25, 0.3) is 0 Å².